The van der Waals surface area contributed by atoms with Gasteiger partial charge in [0.25, 0.3) is 0 Å². The summed E-state index contributed by atoms with van der Waals surface area (Å²) in [6.07, 6.45) is 0. The number of hydrogen-bond donors (Lipinski definition) is 2. The molecule has 0 radical (unpaired) electrons. The van der Waals surface area contributed by atoms with Crippen LogP contribution >= 0.6 is 0 Å². The molecule has 2 atom stereocenters. The summed E-state index contributed by atoms with van der Waals surface area (Å²) < 4.78 is 4.64. The van der Waals surface area contributed by atoms with E-state index in [1.165, 1.54) is 7.11 Å². The molecule has 2 unspecified atom stereocenters. The average Bonchev–Trinajstić information content (AvgIpc) is 2.62. The molecule has 16 heavy (non-hydrogen) atoms. The van der Waals surface area contributed by atoms with E-state index in [9.17, 15) is 9.59 Å². The number of ether oxygens (including phenoxy) is 1. The van der Waals surface area contributed by atoms with Crippen molar-refractivity contribution in [1.29, 1.82) is 0 Å². The fourth-order valence-corrected chi connectivity index (χ4v) is 1.87. The molecular formula is C11H20N2O3. The van der Waals surface area contributed by atoms with Gasteiger partial charge in [-0.05, 0) is 26.3 Å². The zero-order valence-electron chi connectivity index (χ0n) is 10.3. The van der Waals surface area contributed by atoms with Crippen molar-refractivity contribution in [2.45, 2.75) is 26.3 Å². The lowest BCUT2D eigenvalue weighted by molar-refractivity contribution is -0.150. The van der Waals surface area contributed by atoms with E-state index >= 15 is 0 Å². The van der Waals surface area contributed by atoms with Gasteiger partial charge in [-0.25, -0.2) is 4.79 Å². The highest BCUT2D eigenvalue weighted by Gasteiger charge is 2.36. The number of amides is 1. The van der Waals surface area contributed by atoms with Crippen LogP contribution in [0, 0.1) is 11.8 Å². The number of carbonyl (C=O) groups excluding carboxylic acids is 2. The van der Waals surface area contributed by atoms with Crippen LogP contribution in [-0.2, 0) is 14.3 Å². The number of hydrogen-bond acceptors (Lipinski definition) is 4. The third-order valence-electron chi connectivity index (χ3n) is 2.99. The van der Waals surface area contributed by atoms with Gasteiger partial charge in [-0.1, -0.05) is 6.92 Å². The summed E-state index contributed by atoms with van der Waals surface area (Å²) in [7, 11) is 1.32. The Morgan fingerprint density at radius 2 is 2.00 bits per heavy atom. The van der Waals surface area contributed by atoms with Gasteiger partial charge in [0.05, 0.1) is 13.0 Å². The molecule has 1 amide bonds. The topological polar surface area (TPSA) is 67.4 Å². The highest BCUT2D eigenvalue weighted by atomic mass is 16.5. The maximum absolute atomic E-state index is 11.9. The quantitative estimate of drug-likeness (QED) is 0.662. The Bertz CT molecular complexity index is 289. The fourth-order valence-electron chi connectivity index (χ4n) is 1.87. The van der Waals surface area contributed by atoms with Gasteiger partial charge in [0.15, 0.2) is 0 Å². The molecule has 0 saturated carbocycles. The monoisotopic (exact) mass is 228 g/mol. The SMILES string of the molecule is COC(=O)C(C)(C)NC(=O)C1CNCC1C. The number of carbonyl (C=O) groups is 2. The Balaban J connectivity index is 2.60. The van der Waals surface area contributed by atoms with Gasteiger partial charge in [-0.2, -0.15) is 0 Å². The lowest BCUT2D eigenvalue weighted by Crippen LogP contribution is -2.52. The van der Waals surface area contributed by atoms with E-state index in [1.807, 2.05) is 6.92 Å². The second-order valence-electron chi connectivity index (χ2n) is 4.85. The molecule has 0 bridgehead atoms. The lowest BCUT2D eigenvalue weighted by atomic mass is 9.95. The van der Waals surface area contributed by atoms with Crippen molar-refractivity contribution in [3.8, 4) is 0 Å². The predicted octanol–water partition coefficient (Wildman–Crippen LogP) is -0.0903. The van der Waals surface area contributed by atoms with Crippen molar-refractivity contribution in [2.75, 3.05) is 20.2 Å². The molecule has 0 aromatic rings. The van der Waals surface area contributed by atoms with Gasteiger partial charge in [-0.3, -0.25) is 4.79 Å². The van der Waals surface area contributed by atoms with E-state index in [4.69, 9.17) is 0 Å². The number of rotatable bonds is 3. The maximum atomic E-state index is 11.9. The first-order valence-corrected chi connectivity index (χ1v) is 5.49. The van der Waals surface area contributed by atoms with E-state index in [0.29, 0.717) is 12.5 Å². The minimum atomic E-state index is -0.964. The molecule has 1 aliphatic rings. The van der Waals surface area contributed by atoms with E-state index in [-0.39, 0.29) is 11.8 Å². The van der Waals surface area contributed by atoms with Crippen LogP contribution in [0.15, 0.2) is 0 Å². The smallest absolute Gasteiger partial charge is 0.330 e. The minimum absolute atomic E-state index is 0.0658. The molecular weight excluding hydrogens is 208 g/mol. The van der Waals surface area contributed by atoms with E-state index in [0.717, 1.165) is 6.54 Å². The molecule has 92 valence electrons. The van der Waals surface area contributed by atoms with E-state index in [2.05, 4.69) is 15.4 Å². The Morgan fingerprint density at radius 1 is 1.38 bits per heavy atom. The second-order valence-corrected chi connectivity index (χ2v) is 4.85. The van der Waals surface area contributed by atoms with Crippen LogP contribution in [0.2, 0.25) is 0 Å². The van der Waals surface area contributed by atoms with Gasteiger partial charge in [-0.15, -0.1) is 0 Å². The van der Waals surface area contributed by atoms with Crippen LogP contribution in [0.3, 0.4) is 0 Å². The molecule has 0 aromatic carbocycles. The molecule has 1 rings (SSSR count). The Labute approximate surface area is 95.9 Å². The molecule has 1 heterocycles. The van der Waals surface area contributed by atoms with E-state index in [1.54, 1.807) is 13.8 Å². The maximum Gasteiger partial charge on any atom is 0.330 e. The van der Waals surface area contributed by atoms with Crippen molar-refractivity contribution in [3.05, 3.63) is 0 Å². The van der Waals surface area contributed by atoms with Crippen molar-refractivity contribution in [1.82, 2.24) is 10.6 Å². The van der Waals surface area contributed by atoms with Crippen molar-refractivity contribution >= 4 is 11.9 Å². The summed E-state index contributed by atoms with van der Waals surface area (Å²) in [6.45, 7) is 6.82. The highest BCUT2D eigenvalue weighted by molar-refractivity contribution is 5.88. The van der Waals surface area contributed by atoms with Crippen molar-refractivity contribution in [2.24, 2.45) is 11.8 Å². The van der Waals surface area contributed by atoms with Crippen LogP contribution in [0.4, 0.5) is 0 Å². The molecule has 5 heteroatoms. The van der Waals surface area contributed by atoms with Gasteiger partial charge in [0.2, 0.25) is 5.91 Å². The van der Waals surface area contributed by atoms with Crippen molar-refractivity contribution < 1.29 is 14.3 Å². The normalized spacial score (nSPS) is 25.2. The Morgan fingerprint density at radius 3 is 2.44 bits per heavy atom. The largest absolute Gasteiger partial charge is 0.467 e. The summed E-state index contributed by atoms with van der Waals surface area (Å²) in [4.78, 5) is 23.3. The third kappa shape index (κ3) is 2.72. The van der Waals surface area contributed by atoms with E-state index < -0.39 is 11.5 Å². The standard InChI is InChI=1S/C11H20N2O3/c1-7-5-12-6-8(7)9(14)13-11(2,3)10(15)16-4/h7-8,12H,5-6H2,1-4H3,(H,13,14). The van der Waals surface area contributed by atoms with Crippen LogP contribution in [0.5, 0.6) is 0 Å². The van der Waals surface area contributed by atoms with Gasteiger partial charge in [0.1, 0.15) is 5.54 Å². The zero-order valence-corrected chi connectivity index (χ0v) is 10.3. The van der Waals surface area contributed by atoms with Crippen LogP contribution in [0.25, 0.3) is 0 Å². The molecule has 1 fully saturated rings. The van der Waals surface area contributed by atoms with Gasteiger partial charge < -0.3 is 15.4 Å². The van der Waals surface area contributed by atoms with Gasteiger partial charge in [0, 0.05) is 6.54 Å². The summed E-state index contributed by atoms with van der Waals surface area (Å²) in [6, 6.07) is 0. The molecule has 0 aliphatic carbocycles. The number of esters is 1. The molecule has 5 nitrogen and oxygen atoms in total. The first-order chi connectivity index (χ1) is 7.38. The van der Waals surface area contributed by atoms with Crippen LogP contribution < -0.4 is 10.6 Å². The zero-order chi connectivity index (χ0) is 12.3. The average molecular weight is 228 g/mol. The predicted molar refractivity (Wildman–Crippen MR) is 59.8 cm³/mol. The lowest BCUT2D eigenvalue weighted by Gasteiger charge is -2.25. The minimum Gasteiger partial charge on any atom is -0.467 e. The molecule has 1 saturated heterocycles. The van der Waals surface area contributed by atoms with Crippen LogP contribution in [-0.4, -0.2) is 37.6 Å². The Hall–Kier alpha value is -1.10. The fraction of sp³-hybridized carbons (Fsp3) is 0.818. The highest BCUT2D eigenvalue weighted by Crippen LogP contribution is 2.17. The number of methoxy groups -OCH3 is 1. The molecule has 1 aliphatic heterocycles. The van der Waals surface area contributed by atoms with Gasteiger partial charge >= 0.3 is 5.97 Å². The molecule has 2 N–H and O–H groups in total. The molecule has 0 aromatic heterocycles. The first kappa shape index (κ1) is 13.0. The van der Waals surface area contributed by atoms with Crippen molar-refractivity contribution in [3.63, 3.8) is 0 Å². The first-order valence-electron chi connectivity index (χ1n) is 5.49. The number of nitrogens with one attached hydrogen (secondary N) is 2. The Kier molecular flexibility index (Phi) is 3.91. The second kappa shape index (κ2) is 4.82. The summed E-state index contributed by atoms with van der Waals surface area (Å²) >= 11 is 0. The molecule has 0 spiro atoms. The summed E-state index contributed by atoms with van der Waals surface area (Å²) in [5, 5.41) is 5.88. The summed E-state index contributed by atoms with van der Waals surface area (Å²) in [5.41, 5.74) is -0.964. The van der Waals surface area contributed by atoms with Crippen LogP contribution in [0.1, 0.15) is 20.8 Å². The third-order valence-corrected chi connectivity index (χ3v) is 2.99. The summed E-state index contributed by atoms with van der Waals surface area (Å²) in [5.74, 6) is -0.287.